The number of ether oxygens (including phenoxy) is 1. The zero-order chi connectivity index (χ0) is 21.8. The normalized spacial score (nSPS) is 15.0. The number of carbonyl (C=O) groups is 2. The number of rotatable bonds is 6. The number of imide groups is 1. The van der Waals surface area contributed by atoms with E-state index in [9.17, 15) is 9.59 Å². The maximum Gasteiger partial charge on any atom is 0.293 e. The number of benzene rings is 3. The van der Waals surface area contributed by atoms with Gasteiger partial charge in [0.25, 0.3) is 11.1 Å². The van der Waals surface area contributed by atoms with E-state index in [0.717, 1.165) is 39.8 Å². The summed E-state index contributed by atoms with van der Waals surface area (Å²) in [6.07, 6.45) is 1.75. The van der Waals surface area contributed by atoms with E-state index in [1.54, 1.807) is 6.08 Å². The quantitative estimate of drug-likeness (QED) is 0.443. The van der Waals surface area contributed by atoms with Gasteiger partial charge >= 0.3 is 0 Å². The van der Waals surface area contributed by atoms with Gasteiger partial charge in [0.1, 0.15) is 12.4 Å². The lowest BCUT2D eigenvalue weighted by Gasteiger charge is -2.12. The predicted molar refractivity (Wildman–Crippen MR) is 125 cm³/mol. The van der Waals surface area contributed by atoms with Crippen LogP contribution in [-0.2, 0) is 17.9 Å². The largest absolute Gasteiger partial charge is 0.489 e. The van der Waals surface area contributed by atoms with Crippen molar-refractivity contribution in [1.29, 1.82) is 0 Å². The zero-order valence-electron chi connectivity index (χ0n) is 17.5. The third-order valence-corrected chi connectivity index (χ3v) is 5.91. The van der Waals surface area contributed by atoms with Gasteiger partial charge in [0.15, 0.2) is 0 Å². The summed E-state index contributed by atoms with van der Waals surface area (Å²) in [5, 5.41) is -0.240. The highest BCUT2D eigenvalue weighted by atomic mass is 32.2. The van der Waals surface area contributed by atoms with Crippen LogP contribution in [0.1, 0.15) is 27.8 Å². The van der Waals surface area contributed by atoms with Crippen LogP contribution in [0.5, 0.6) is 5.75 Å². The maximum atomic E-state index is 12.8. The Balaban J connectivity index is 1.40. The molecule has 0 unspecified atom stereocenters. The van der Waals surface area contributed by atoms with Gasteiger partial charge in [0.2, 0.25) is 0 Å². The maximum absolute atomic E-state index is 12.8. The van der Waals surface area contributed by atoms with Gasteiger partial charge < -0.3 is 4.74 Å². The Morgan fingerprint density at radius 2 is 1.61 bits per heavy atom. The molecule has 0 spiro atoms. The van der Waals surface area contributed by atoms with Crippen molar-refractivity contribution < 1.29 is 14.3 Å². The molecule has 0 aromatic heterocycles. The molecule has 4 rings (SSSR count). The molecule has 0 N–H and O–H groups in total. The van der Waals surface area contributed by atoms with Gasteiger partial charge in [-0.05, 0) is 60.5 Å². The first-order valence-electron chi connectivity index (χ1n) is 10.1. The van der Waals surface area contributed by atoms with Crippen molar-refractivity contribution in [2.45, 2.75) is 27.0 Å². The average molecular weight is 430 g/mol. The van der Waals surface area contributed by atoms with Crippen LogP contribution in [0.15, 0.2) is 77.7 Å². The molecule has 1 heterocycles. The van der Waals surface area contributed by atoms with E-state index >= 15 is 0 Å². The summed E-state index contributed by atoms with van der Waals surface area (Å²) in [7, 11) is 0. The second kappa shape index (κ2) is 9.23. The lowest BCUT2D eigenvalue weighted by atomic mass is 10.1. The monoisotopic (exact) mass is 429 g/mol. The van der Waals surface area contributed by atoms with Gasteiger partial charge in [-0.15, -0.1) is 0 Å². The highest BCUT2D eigenvalue weighted by Crippen LogP contribution is 2.33. The molecule has 1 saturated heterocycles. The molecular weight excluding hydrogens is 406 g/mol. The number of hydrogen-bond donors (Lipinski definition) is 0. The second-order valence-electron chi connectivity index (χ2n) is 7.60. The molecular formula is C26H23NO3S. The van der Waals surface area contributed by atoms with Crippen LogP contribution in [0.2, 0.25) is 0 Å². The number of aryl methyl sites for hydroxylation is 2. The number of thioether (sulfide) groups is 1. The Morgan fingerprint density at radius 1 is 0.871 bits per heavy atom. The van der Waals surface area contributed by atoms with E-state index in [2.05, 4.69) is 31.2 Å². The summed E-state index contributed by atoms with van der Waals surface area (Å²) in [6, 6.07) is 23.6. The first-order valence-corrected chi connectivity index (χ1v) is 10.9. The molecule has 5 heteroatoms. The molecule has 3 aromatic rings. The average Bonchev–Trinajstić information content (AvgIpc) is 3.02. The van der Waals surface area contributed by atoms with Crippen LogP contribution in [0.4, 0.5) is 4.79 Å². The Hall–Kier alpha value is -3.31. The van der Waals surface area contributed by atoms with Crippen molar-refractivity contribution in [2.24, 2.45) is 0 Å². The number of amides is 2. The van der Waals surface area contributed by atoms with Gasteiger partial charge in [-0.1, -0.05) is 71.8 Å². The first kappa shape index (κ1) is 20.9. The number of nitrogens with zero attached hydrogens (tertiary/aromatic N) is 1. The fourth-order valence-electron chi connectivity index (χ4n) is 3.29. The third-order valence-electron chi connectivity index (χ3n) is 5.00. The molecule has 0 atom stereocenters. The minimum atomic E-state index is -0.254. The molecule has 156 valence electrons. The summed E-state index contributed by atoms with van der Waals surface area (Å²) in [5.74, 6) is 0.501. The van der Waals surface area contributed by atoms with Crippen molar-refractivity contribution in [2.75, 3.05) is 0 Å². The van der Waals surface area contributed by atoms with Crippen LogP contribution < -0.4 is 4.74 Å². The summed E-state index contributed by atoms with van der Waals surface area (Å²) >= 11 is 0.980. The van der Waals surface area contributed by atoms with Crippen LogP contribution in [0.3, 0.4) is 0 Å². The molecule has 0 radical (unpaired) electrons. The Kier molecular flexibility index (Phi) is 6.23. The van der Waals surface area contributed by atoms with Gasteiger partial charge in [-0.3, -0.25) is 14.5 Å². The zero-order valence-corrected chi connectivity index (χ0v) is 18.3. The minimum Gasteiger partial charge on any atom is -0.489 e. The highest BCUT2D eigenvalue weighted by Gasteiger charge is 2.34. The SMILES string of the molecule is Cc1ccc(COc2ccc(/C=C3\SC(=O)N(Cc4cccc(C)c4)C3=O)cc2)cc1. The molecule has 0 aliphatic carbocycles. The van der Waals surface area contributed by atoms with Crippen molar-refractivity contribution in [3.05, 3.63) is 106 Å². The van der Waals surface area contributed by atoms with Gasteiger partial charge in [0, 0.05) is 0 Å². The van der Waals surface area contributed by atoms with Crippen LogP contribution in [0, 0.1) is 13.8 Å². The molecule has 3 aromatic carbocycles. The Bertz CT molecular complexity index is 1130. The molecule has 1 aliphatic rings. The van der Waals surface area contributed by atoms with E-state index in [4.69, 9.17) is 4.74 Å². The summed E-state index contributed by atoms with van der Waals surface area (Å²) in [4.78, 5) is 26.9. The Morgan fingerprint density at radius 3 is 2.32 bits per heavy atom. The molecule has 0 saturated carbocycles. The molecule has 2 amide bonds. The van der Waals surface area contributed by atoms with Crippen LogP contribution >= 0.6 is 11.8 Å². The fraction of sp³-hybridized carbons (Fsp3) is 0.154. The van der Waals surface area contributed by atoms with Crippen molar-refractivity contribution in [3.8, 4) is 5.75 Å². The third kappa shape index (κ3) is 5.25. The van der Waals surface area contributed by atoms with E-state index in [0.29, 0.717) is 11.5 Å². The number of carbonyl (C=O) groups excluding carboxylic acids is 2. The Labute approximate surface area is 186 Å². The van der Waals surface area contributed by atoms with Crippen molar-refractivity contribution in [1.82, 2.24) is 4.90 Å². The van der Waals surface area contributed by atoms with Crippen molar-refractivity contribution >= 4 is 29.0 Å². The minimum absolute atomic E-state index is 0.240. The summed E-state index contributed by atoms with van der Waals surface area (Å²) < 4.78 is 5.83. The van der Waals surface area contributed by atoms with E-state index in [-0.39, 0.29) is 17.7 Å². The smallest absolute Gasteiger partial charge is 0.293 e. The lowest BCUT2D eigenvalue weighted by Crippen LogP contribution is -2.27. The van der Waals surface area contributed by atoms with E-state index in [1.807, 2.05) is 55.5 Å². The molecule has 1 aliphatic heterocycles. The standard InChI is InChI=1S/C26H23NO3S/c1-18-6-8-21(9-7-18)17-30-23-12-10-20(11-13-23)15-24-25(28)27(26(29)31-24)16-22-5-3-4-19(2)14-22/h3-15H,16-17H2,1-2H3/b24-15-. The van der Waals surface area contributed by atoms with Crippen molar-refractivity contribution in [3.63, 3.8) is 0 Å². The molecule has 0 bridgehead atoms. The van der Waals surface area contributed by atoms with E-state index < -0.39 is 0 Å². The molecule has 4 nitrogen and oxygen atoms in total. The summed E-state index contributed by atoms with van der Waals surface area (Å²) in [5.41, 5.74) is 5.22. The van der Waals surface area contributed by atoms with Gasteiger partial charge in [-0.2, -0.15) is 0 Å². The molecule has 1 fully saturated rings. The highest BCUT2D eigenvalue weighted by molar-refractivity contribution is 8.18. The van der Waals surface area contributed by atoms with E-state index in [1.165, 1.54) is 10.5 Å². The van der Waals surface area contributed by atoms with Crippen LogP contribution in [0.25, 0.3) is 6.08 Å². The topological polar surface area (TPSA) is 46.6 Å². The summed E-state index contributed by atoms with van der Waals surface area (Å²) in [6.45, 7) is 4.83. The fourth-order valence-corrected chi connectivity index (χ4v) is 4.13. The van der Waals surface area contributed by atoms with Gasteiger partial charge in [-0.25, -0.2) is 0 Å². The number of hydrogen-bond acceptors (Lipinski definition) is 4. The van der Waals surface area contributed by atoms with Crippen LogP contribution in [-0.4, -0.2) is 16.0 Å². The van der Waals surface area contributed by atoms with Gasteiger partial charge in [0.05, 0.1) is 11.4 Å². The molecule has 31 heavy (non-hydrogen) atoms. The lowest BCUT2D eigenvalue weighted by molar-refractivity contribution is -0.123. The first-order chi connectivity index (χ1) is 15.0. The second-order valence-corrected chi connectivity index (χ2v) is 8.59. The predicted octanol–water partition coefficient (Wildman–Crippen LogP) is 6.12.